The molecule has 30 heavy (non-hydrogen) atoms. The Morgan fingerprint density at radius 1 is 0.733 bits per heavy atom. The lowest BCUT2D eigenvalue weighted by Crippen LogP contribution is -2.14. The van der Waals surface area contributed by atoms with Crippen molar-refractivity contribution in [3.63, 3.8) is 0 Å². The van der Waals surface area contributed by atoms with Crippen LogP contribution in [0, 0.1) is 5.92 Å². The maximum absolute atomic E-state index is 12.2. The molecule has 0 amide bonds. The molecule has 0 fully saturated rings. The lowest BCUT2D eigenvalue weighted by Gasteiger charge is -2.23. The van der Waals surface area contributed by atoms with Crippen molar-refractivity contribution in [2.24, 2.45) is 5.92 Å². The van der Waals surface area contributed by atoms with E-state index in [1.807, 2.05) is 18.2 Å². The van der Waals surface area contributed by atoms with Crippen LogP contribution in [0.2, 0.25) is 0 Å². The Hall–Kier alpha value is -2.93. The second kappa shape index (κ2) is 11.9. The molecule has 0 saturated heterocycles. The molecule has 0 heterocycles. The molecule has 154 valence electrons. The fourth-order valence-electron chi connectivity index (χ4n) is 4.06. The number of rotatable bonds is 11. The van der Waals surface area contributed by atoms with Gasteiger partial charge in [-0.15, -0.1) is 0 Å². The summed E-state index contributed by atoms with van der Waals surface area (Å²) in [6.07, 6.45) is 9.15. The Kier molecular flexibility index (Phi) is 8.65. The summed E-state index contributed by atoms with van der Waals surface area (Å²) in [5, 5.41) is 0. The standard InChI is InChI=1S/C29H32O/c1-2-3-4-8-21-27(23-30)29(26-19-13-7-14-20-26)22-28(24-15-9-5-10-16-24)25-17-11-6-12-18-25/h5-7,9-20,22-23,27,29H,2-4,8,21H2,1H3/t27-,29?/m1/s1. The highest BCUT2D eigenvalue weighted by Crippen LogP contribution is 2.34. The third-order valence-corrected chi connectivity index (χ3v) is 5.73. The normalized spacial score (nSPS) is 12.7. The molecule has 1 heteroatoms. The van der Waals surface area contributed by atoms with Gasteiger partial charge in [-0.2, -0.15) is 0 Å². The first-order valence-electron chi connectivity index (χ1n) is 11.2. The van der Waals surface area contributed by atoms with Gasteiger partial charge in [-0.3, -0.25) is 0 Å². The van der Waals surface area contributed by atoms with Crippen molar-refractivity contribution < 1.29 is 4.79 Å². The van der Waals surface area contributed by atoms with Gasteiger partial charge in [0.2, 0.25) is 0 Å². The zero-order valence-corrected chi connectivity index (χ0v) is 17.9. The van der Waals surface area contributed by atoms with E-state index < -0.39 is 0 Å². The number of benzene rings is 3. The van der Waals surface area contributed by atoms with Crippen molar-refractivity contribution in [1.82, 2.24) is 0 Å². The van der Waals surface area contributed by atoms with Gasteiger partial charge in [-0.05, 0) is 28.7 Å². The number of carbonyl (C=O) groups is 1. The van der Waals surface area contributed by atoms with Crippen molar-refractivity contribution in [2.45, 2.75) is 44.9 Å². The van der Waals surface area contributed by atoms with E-state index in [1.54, 1.807) is 0 Å². The van der Waals surface area contributed by atoms with Crippen LogP contribution in [0.4, 0.5) is 0 Å². The Morgan fingerprint density at radius 3 is 1.77 bits per heavy atom. The van der Waals surface area contributed by atoms with Gasteiger partial charge in [0.25, 0.3) is 0 Å². The molecule has 0 aliphatic rings. The average molecular weight is 397 g/mol. The Labute approximate surface area is 181 Å². The number of hydrogen-bond donors (Lipinski definition) is 0. The zero-order chi connectivity index (χ0) is 21.0. The van der Waals surface area contributed by atoms with Gasteiger partial charge in [-0.1, -0.05) is 130 Å². The van der Waals surface area contributed by atoms with Gasteiger partial charge < -0.3 is 4.79 Å². The van der Waals surface area contributed by atoms with Crippen LogP contribution in [0.1, 0.15) is 61.6 Å². The highest BCUT2D eigenvalue weighted by atomic mass is 16.1. The van der Waals surface area contributed by atoms with Gasteiger partial charge in [-0.25, -0.2) is 0 Å². The lowest BCUT2D eigenvalue weighted by atomic mass is 9.80. The van der Waals surface area contributed by atoms with Crippen LogP contribution in [0.5, 0.6) is 0 Å². The van der Waals surface area contributed by atoms with Crippen LogP contribution in [0.3, 0.4) is 0 Å². The van der Waals surface area contributed by atoms with Crippen LogP contribution >= 0.6 is 0 Å². The minimum absolute atomic E-state index is 0.0216. The molecular formula is C29H32O. The van der Waals surface area contributed by atoms with E-state index >= 15 is 0 Å². The third-order valence-electron chi connectivity index (χ3n) is 5.73. The van der Waals surface area contributed by atoms with E-state index in [4.69, 9.17) is 0 Å². The van der Waals surface area contributed by atoms with Crippen LogP contribution in [-0.2, 0) is 4.79 Å². The number of unbranched alkanes of at least 4 members (excludes halogenated alkanes) is 3. The van der Waals surface area contributed by atoms with E-state index in [-0.39, 0.29) is 11.8 Å². The first-order valence-corrected chi connectivity index (χ1v) is 11.2. The fraction of sp³-hybridized carbons (Fsp3) is 0.276. The van der Waals surface area contributed by atoms with Gasteiger partial charge >= 0.3 is 0 Å². The van der Waals surface area contributed by atoms with Crippen molar-refractivity contribution in [3.05, 3.63) is 114 Å². The van der Waals surface area contributed by atoms with Crippen LogP contribution in [-0.4, -0.2) is 6.29 Å². The summed E-state index contributed by atoms with van der Waals surface area (Å²) in [5.41, 5.74) is 4.75. The summed E-state index contributed by atoms with van der Waals surface area (Å²) < 4.78 is 0. The van der Waals surface area contributed by atoms with Crippen LogP contribution in [0.15, 0.2) is 97.1 Å². The van der Waals surface area contributed by atoms with Crippen LogP contribution in [0.25, 0.3) is 5.57 Å². The Morgan fingerprint density at radius 2 is 1.27 bits per heavy atom. The second-order valence-corrected chi connectivity index (χ2v) is 7.90. The number of allylic oxidation sites excluding steroid dienone is 1. The van der Waals surface area contributed by atoms with Gasteiger partial charge in [0.05, 0.1) is 0 Å². The maximum atomic E-state index is 12.2. The van der Waals surface area contributed by atoms with Crippen molar-refractivity contribution in [2.75, 3.05) is 0 Å². The van der Waals surface area contributed by atoms with Gasteiger partial charge in [0.15, 0.2) is 0 Å². The highest BCUT2D eigenvalue weighted by molar-refractivity contribution is 5.80. The molecule has 2 atom stereocenters. The van der Waals surface area contributed by atoms with E-state index in [0.29, 0.717) is 0 Å². The Bertz CT molecular complexity index is 855. The molecule has 0 aliphatic heterocycles. The van der Waals surface area contributed by atoms with E-state index in [0.717, 1.165) is 12.8 Å². The zero-order valence-electron chi connectivity index (χ0n) is 17.9. The molecule has 1 unspecified atom stereocenters. The summed E-state index contributed by atoms with van der Waals surface area (Å²) in [4.78, 5) is 12.2. The molecule has 3 rings (SSSR count). The molecule has 3 aromatic rings. The van der Waals surface area contributed by atoms with E-state index in [1.165, 1.54) is 47.8 Å². The molecular weight excluding hydrogens is 364 g/mol. The Balaban J connectivity index is 2.03. The predicted octanol–water partition coefficient (Wildman–Crippen LogP) is 7.69. The number of hydrogen-bond acceptors (Lipinski definition) is 1. The van der Waals surface area contributed by atoms with Gasteiger partial charge in [0.1, 0.15) is 6.29 Å². The summed E-state index contributed by atoms with van der Waals surface area (Å²) in [6, 6.07) is 31.5. The summed E-state index contributed by atoms with van der Waals surface area (Å²) in [5.74, 6) is 0.0346. The van der Waals surface area contributed by atoms with E-state index in [9.17, 15) is 4.79 Å². The molecule has 0 spiro atoms. The largest absolute Gasteiger partial charge is 0.303 e. The van der Waals surface area contributed by atoms with Crippen molar-refractivity contribution in [1.29, 1.82) is 0 Å². The summed E-state index contributed by atoms with van der Waals surface area (Å²) in [7, 11) is 0. The molecule has 0 aromatic heterocycles. The lowest BCUT2D eigenvalue weighted by molar-refractivity contribution is -0.111. The first kappa shape index (κ1) is 21.8. The fourth-order valence-corrected chi connectivity index (χ4v) is 4.06. The van der Waals surface area contributed by atoms with Crippen LogP contribution < -0.4 is 0 Å². The molecule has 1 nitrogen and oxygen atoms in total. The number of carbonyl (C=O) groups excluding carboxylic acids is 1. The summed E-state index contributed by atoms with van der Waals surface area (Å²) >= 11 is 0. The maximum Gasteiger partial charge on any atom is 0.123 e. The molecule has 0 aliphatic carbocycles. The molecule has 3 aromatic carbocycles. The van der Waals surface area contributed by atoms with Crippen molar-refractivity contribution >= 4 is 11.9 Å². The predicted molar refractivity (Wildman–Crippen MR) is 127 cm³/mol. The molecule has 0 radical (unpaired) electrons. The smallest absolute Gasteiger partial charge is 0.123 e. The SMILES string of the molecule is CCCCCC[C@H](C=O)C(C=C(c1ccccc1)c1ccccc1)c1ccccc1. The quantitative estimate of drug-likeness (QED) is 0.240. The van der Waals surface area contributed by atoms with E-state index in [2.05, 4.69) is 85.8 Å². The third kappa shape index (κ3) is 6.03. The molecule has 0 bridgehead atoms. The summed E-state index contributed by atoms with van der Waals surface area (Å²) in [6.45, 7) is 2.22. The number of aldehydes is 1. The molecule has 0 N–H and O–H groups in total. The monoisotopic (exact) mass is 396 g/mol. The highest BCUT2D eigenvalue weighted by Gasteiger charge is 2.22. The second-order valence-electron chi connectivity index (χ2n) is 7.90. The minimum atomic E-state index is -0.0216. The van der Waals surface area contributed by atoms with Gasteiger partial charge in [0, 0.05) is 11.8 Å². The first-order chi connectivity index (χ1) is 14.8. The average Bonchev–Trinajstić information content (AvgIpc) is 2.82. The molecule has 0 saturated carbocycles. The minimum Gasteiger partial charge on any atom is -0.303 e. The topological polar surface area (TPSA) is 17.1 Å². The van der Waals surface area contributed by atoms with Crippen molar-refractivity contribution in [3.8, 4) is 0 Å².